The summed E-state index contributed by atoms with van der Waals surface area (Å²) in [5.74, 6) is 1.06. The molecule has 1 aliphatic heterocycles. The van der Waals surface area contributed by atoms with E-state index in [-0.39, 0.29) is 0 Å². The molecule has 1 nitrogen and oxygen atoms in total. The predicted octanol–water partition coefficient (Wildman–Crippen LogP) is 2.91. The highest BCUT2D eigenvalue weighted by Gasteiger charge is 2.36. The summed E-state index contributed by atoms with van der Waals surface area (Å²) >= 11 is 0. The summed E-state index contributed by atoms with van der Waals surface area (Å²) in [4.78, 5) is 2.75. The molecule has 0 aromatic heterocycles. The van der Waals surface area contributed by atoms with E-state index in [1.54, 1.807) is 0 Å². The van der Waals surface area contributed by atoms with Gasteiger partial charge in [-0.2, -0.15) is 0 Å². The SMILES string of the molecule is CC(C)(C)[C@@H]1CCCN1CC1CC1. The largest absolute Gasteiger partial charge is 0.300 e. The van der Waals surface area contributed by atoms with Gasteiger partial charge in [-0.05, 0) is 43.6 Å². The zero-order valence-electron chi connectivity index (χ0n) is 9.34. The van der Waals surface area contributed by atoms with Gasteiger partial charge in [-0.25, -0.2) is 0 Å². The van der Waals surface area contributed by atoms with E-state index in [9.17, 15) is 0 Å². The van der Waals surface area contributed by atoms with Gasteiger partial charge in [0.2, 0.25) is 0 Å². The molecular formula is C12H23N. The average Bonchev–Trinajstić information content (AvgIpc) is 2.63. The Morgan fingerprint density at radius 3 is 2.38 bits per heavy atom. The van der Waals surface area contributed by atoms with Gasteiger partial charge in [0.05, 0.1) is 0 Å². The Morgan fingerprint density at radius 2 is 1.85 bits per heavy atom. The van der Waals surface area contributed by atoms with Crippen molar-refractivity contribution in [2.75, 3.05) is 13.1 Å². The second kappa shape index (κ2) is 3.27. The number of hydrogen-bond donors (Lipinski definition) is 0. The molecule has 0 amide bonds. The molecule has 1 saturated heterocycles. The summed E-state index contributed by atoms with van der Waals surface area (Å²) in [6.45, 7) is 9.93. The molecule has 0 radical (unpaired) electrons. The van der Waals surface area contributed by atoms with Crippen LogP contribution in [0.3, 0.4) is 0 Å². The second-order valence-electron chi connectivity index (χ2n) is 5.96. The lowest BCUT2D eigenvalue weighted by atomic mass is 9.85. The van der Waals surface area contributed by atoms with E-state index in [2.05, 4.69) is 25.7 Å². The van der Waals surface area contributed by atoms with Crippen LogP contribution in [-0.2, 0) is 0 Å². The molecule has 0 N–H and O–H groups in total. The summed E-state index contributed by atoms with van der Waals surface area (Å²) < 4.78 is 0. The van der Waals surface area contributed by atoms with E-state index < -0.39 is 0 Å². The maximum absolute atomic E-state index is 2.75. The van der Waals surface area contributed by atoms with Gasteiger partial charge in [0.25, 0.3) is 0 Å². The monoisotopic (exact) mass is 181 g/mol. The van der Waals surface area contributed by atoms with Crippen LogP contribution >= 0.6 is 0 Å². The Kier molecular flexibility index (Phi) is 2.39. The summed E-state index contributed by atoms with van der Waals surface area (Å²) in [5, 5.41) is 0. The zero-order valence-corrected chi connectivity index (χ0v) is 9.34. The third-order valence-electron chi connectivity index (χ3n) is 3.55. The van der Waals surface area contributed by atoms with E-state index in [0.29, 0.717) is 5.41 Å². The van der Waals surface area contributed by atoms with E-state index >= 15 is 0 Å². The number of hydrogen-bond acceptors (Lipinski definition) is 1. The molecular weight excluding hydrogens is 158 g/mol. The minimum Gasteiger partial charge on any atom is -0.300 e. The van der Waals surface area contributed by atoms with Gasteiger partial charge in [0, 0.05) is 12.6 Å². The van der Waals surface area contributed by atoms with Gasteiger partial charge >= 0.3 is 0 Å². The average molecular weight is 181 g/mol. The minimum absolute atomic E-state index is 0.491. The summed E-state index contributed by atoms with van der Waals surface area (Å²) in [7, 11) is 0. The highest BCUT2D eigenvalue weighted by atomic mass is 15.2. The van der Waals surface area contributed by atoms with Crippen LogP contribution in [0.5, 0.6) is 0 Å². The Hall–Kier alpha value is -0.0400. The van der Waals surface area contributed by atoms with Crippen molar-refractivity contribution >= 4 is 0 Å². The maximum atomic E-state index is 2.75. The maximum Gasteiger partial charge on any atom is 0.0144 e. The van der Waals surface area contributed by atoms with Gasteiger partial charge in [-0.3, -0.25) is 4.90 Å². The van der Waals surface area contributed by atoms with Crippen molar-refractivity contribution in [3.63, 3.8) is 0 Å². The minimum atomic E-state index is 0.491. The number of likely N-dealkylation sites (tertiary alicyclic amines) is 1. The van der Waals surface area contributed by atoms with Crippen LogP contribution in [0.15, 0.2) is 0 Å². The van der Waals surface area contributed by atoms with Crippen LogP contribution in [0.4, 0.5) is 0 Å². The van der Waals surface area contributed by atoms with E-state index in [1.807, 2.05) is 0 Å². The molecule has 0 unspecified atom stereocenters. The summed E-state index contributed by atoms with van der Waals surface area (Å²) in [5.41, 5.74) is 0.491. The quantitative estimate of drug-likeness (QED) is 0.633. The van der Waals surface area contributed by atoms with Crippen molar-refractivity contribution in [3.05, 3.63) is 0 Å². The van der Waals surface area contributed by atoms with Gasteiger partial charge < -0.3 is 0 Å². The molecule has 2 rings (SSSR count). The lowest BCUT2D eigenvalue weighted by Gasteiger charge is -2.35. The Balaban J connectivity index is 1.92. The Morgan fingerprint density at radius 1 is 1.15 bits per heavy atom. The molecule has 13 heavy (non-hydrogen) atoms. The highest BCUT2D eigenvalue weighted by Crippen LogP contribution is 2.37. The van der Waals surface area contributed by atoms with E-state index in [1.165, 1.54) is 38.8 Å². The molecule has 2 aliphatic rings. The topological polar surface area (TPSA) is 3.24 Å². The molecule has 0 bridgehead atoms. The van der Waals surface area contributed by atoms with Gasteiger partial charge in [0.1, 0.15) is 0 Å². The van der Waals surface area contributed by atoms with Gasteiger partial charge in [0.15, 0.2) is 0 Å². The highest BCUT2D eigenvalue weighted by molar-refractivity contribution is 4.90. The molecule has 0 aromatic rings. The van der Waals surface area contributed by atoms with Gasteiger partial charge in [-0.15, -0.1) is 0 Å². The lowest BCUT2D eigenvalue weighted by Crippen LogP contribution is -2.40. The first-order valence-corrected chi connectivity index (χ1v) is 5.81. The van der Waals surface area contributed by atoms with Crippen LogP contribution in [0.2, 0.25) is 0 Å². The zero-order chi connectivity index (χ0) is 9.47. The molecule has 0 spiro atoms. The molecule has 1 heterocycles. The fraction of sp³-hybridized carbons (Fsp3) is 1.00. The second-order valence-corrected chi connectivity index (χ2v) is 5.96. The summed E-state index contributed by atoms with van der Waals surface area (Å²) in [6.07, 6.45) is 5.84. The number of rotatable bonds is 2. The lowest BCUT2D eigenvalue weighted by molar-refractivity contribution is 0.136. The van der Waals surface area contributed by atoms with Crippen molar-refractivity contribution < 1.29 is 0 Å². The molecule has 1 saturated carbocycles. The smallest absolute Gasteiger partial charge is 0.0144 e. The van der Waals surface area contributed by atoms with Crippen LogP contribution in [0.25, 0.3) is 0 Å². The van der Waals surface area contributed by atoms with Crippen molar-refractivity contribution in [2.45, 2.75) is 52.5 Å². The molecule has 1 aliphatic carbocycles. The molecule has 1 atom stereocenters. The Labute approximate surface area is 82.5 Å². The third kappa shape index (κ3) is 2.25. The van der Waals surface area contributed by atoms with Crippen molar-refractivity contribution in [1.82, 2.24) is 4.90 Å². The van der Waals surface area contributed by atoms with Crippen molar-refractivity contribution in [3.8, 4) is 0 Å². The Bertz CT molecular complexity index is 176. The van der Waals surface area contributed by atoms with E-state index in [4.69, 9.17) is 0 Å². The van der Waals surface area contributed by atoms with Crippen LogP contribution in [0, 0.1) is 11.3 Å². The van der Waals surface area contributed by atoms with Crippen LogP contribution in [0.1, 0.15) is 46.5 Å². The van der Waals surface area contributed by atoms with Crippen LogP contribution < -0.4 is 0 Å². The fourth-order valence-corrected chi connectivity index (χ4v) is 2.66. The third-order valence-corrected chi connectivity index (χ3v) is 3.55. The first-order chi connectivity index (χ1) is 6.07. The fourth-order valence-electron chi connectivity index (χ4n) is 2.66. The normalized spacial score (nSPS) is 31.2. The first kappa shape index (κ1) is 9.51. The summed E-state index contributed by atoms with van der Waals surface area (Å²) in [6, 6.07) is 0.855. The molecule has 2 fully saturated rings. The van der Waals surface area contributed by atoms with Crippen LogP contribution in [-0.4, -0.2) is 24.0 Å². The molecule has 1 heteroatoms. The standard InChI is InChI=1S/C12H23N/c1-12(2,3)11-5-4-8-13(11)9-10-6-7-10/h10-11H,4-9H2,1-3H3/t11-/m0/s1. The molecule has 76 valence electrons. The first-order valence-electron chi connectivity index (χ1n) is 5.81. The van der Waals surface area contributed by atoms with Gasteiger partial charge in [-0.1, -0.05) is 20.8 Å². The molecule has 0 aromatic carbocycles. The van der Waals surface area contributed by atoms with Crippen molar-refractivity contribution in [2.24, 2.45) is 11.3 Å². The predicted molar refractivity (Wildman–Crippen MR) is 56.8 cm³/mol. The number of nitrogens with zero attached hydrogens (tertiary/aromatic N) is 1. The van der Waals surface area contributed by atoms with Crippen molar-refractivity contribution in [1.29, 1.82) is 0 Å². The van der Waals surface area contributed by atoms with E-state index in [0.717, 1.165) is 12.0 Å².